The molecular weight excluding hydrogens is 1260 g/mol. The zero-order chi connectivity index (χ0) is 72.9. The Morgan fingerprint density at radius 3 is 0.930 bits per heavy atom. The van der Waals surface area contributed by atoms with Gasteiger partial charge in [-0.15, -0.1) is 31.9 Å². The molecule has 0 radical (unpaired) electrons. The molecule has 3 aromatic heterocycles. The van der Waals surface area contributed by atoms with E-state index in [1.807, 2.05) is 179 Å². The third-order valence-electron chi connectivity index (χ3n) is 16.0. The lowest BCUT2D eigenvalue weighted by molar-refractivity contribution is -0.117. The van der Waals surface area contributed by atoms with Gasteiger partial charge < -0.3 is 24.6 Å². The fourth-order valence-corrected chi connectivity index (χ4v) is 11.8. The molecule has 0 saturated heterocycles. The predicted octanol–water partition coefficient (Wildman–Crippen LogP) is 14.0. The van der Waals surface area contributed by atoms with Gasteiger partial charge in [0, 0.05) is 94.7 Å². The van der Waals surface area contributed by atoms with E-state index < -0.39 is 7.45 Å². The van der Waals surface area contributed by atoms with Crippen LogP contribution in [0.2, 0.25) is 6.82 Å². The number of rotatable bonds is 0. The summed E-state index contributed by atoms with van der Waals surface area (Å²) in [5.74, 6) is 6.43. The molecule has 7 heterocycles. The number of hydrogen-bond donors (Lipinski definition) is 4. The molecule has 100 heavy (non-hydrogen) atoms. The van der Waals surface area contributed by atoms with Crippen molar-refractivity contribution in [1.29, 1.82) is 17.9 Å². The van der Waals surface area contributed by atoms with Gasteiger partial charge >= 0.3 is 0 Å². The zero-order valence-electron chi connectivity index (χ0n) is 57.0. The third-order valence-corrected chi connectivity index (χ3v) is 16.0. The van der Waals surface area contributed by atoms with E-state index >= 15 is 0 Å². The number of carbonyl (C=O) groups excluding carboxylic acids is 4. The Labute approximate surface area is 578 Å². The molecule has 4 aliphatic heterocycles. The maximum absolute atomic E-state index is 12.2. The van der Waals surface area contributed by atoms with E-state index in [0.717, 1.165) is 124 Å². The summed E-state index contributed by atoms with van der Waals surface area (Å²) in [6, 6.07) is 63.6. The molecule has 11 aromatic rings. The molecule has 0 atom stereocenters. The summed E-state index contributed by atoms with van der Waals surface area (Å²) < 4.78 is 11.5. The molecule has 15 rings (SSSR count). The van der Waals surface area contributed by atoms with Crippen LogP contribution < -0.4 is 19.6 Å². The highest BCUT2D eigenvalue weighted by molar-refractivity contribution is 6.22. The van der Waals surface area contributed by atoms with Crippen molar-refractivity contribution >= 4 is 53.8 Å². The normalized spacial score (nSPS) is 11.6. The van der Waals surface area contributed by atoms with E-state index in [1.165, 1.54) is 6.82 Å². The summed E-state index contributed by atoms with van der Waals surface area (Å²) in [5.41, 5.74) is 57.8. The number of carbonyl (C=O) groups is 4. The van der Waals surface area contributed by atoms with Crippen molar-refractivity contribution in [3.63, 3.8) is 0 Å². The van der Waals surface area contributed by atoms with Gasteiger partial charge in [0.1, 0.15) is 17.1 Å². The smallest absolute Gasteiger partial charge is 0.267 e. The summed E-state index contributed by atoms with van der Waals surface area (Å²) in [4.78, 5) is 61.1. The van der Waals surface area contributed by atoms with Crippen LogP contribution in [0.5, 0.6) is 0 Å². The topological polar surface area (TPSA) is 374 Å². The van der Waals surface area contributed by atoms with Gasteiger partial charge in [-0.3, -0.25) is 19.2 Å². The maximum atomic E-state index is 12.2. The molecule has 0 fully saturated rings. The van der Waals surface area contributed by atoms with Gasteiger partial charge in [0.05, 0.1) is 66.0 Å². The highest BCUT2D eigenvalue weighted by atomic mass is 16.2. The summed E-state index contributed by atoms with van der Waals surface area (Å²) in [5, 5.41) is 33.5. The second kappa shape index (κ2) is 34.3. The Hall–Kier alpha value is -13.4. The molecule has 0 bridgehead atoms. The lowest BCUT2D eigenvalue weighted by atomic mass is 9.95. The number of aromatic nitrogens is 9. The van der Waals surface area contributed by atoms with E-state index in [9.17, 15) is 19.2 Å². The SMILES string of the molecule is CC(=O)N1Cc2ccccc2-c2c(nnn2C)-c2ccccc21.CC(=O)N1Cc2ccccc2-c2c(nnn2C)-c2ccccc21.CC(=O)N1Cc2ccccc2-c2c(nnn2C)-c2ccccc21.CC(=O)N1Cc2ccccc2C#Cc2ccccc21.[2H]B(C)O.[N-]=[N+]=N.[N-]=[N+]=N.[N-]=[N+]=N. The number of nitrogens with zero attached hydrogens (tertiary/aromatic N) is 19. The Morgan fingerprint density at radius 1 is 0.400 bits per heavy atom. The van der Waals surface area contributed by atoms with Crippen LogP contribution in [0.25, 0.3) is 98.9 Å². The molecule has 4 amide bonds. The van der Waals surface area contributed by atoms with Crippen LogP contribution in [-0.2, 0) is 66.5 Å². The first-order chi connectivity index (χ1) is 48.7. The lowest BCUT2D eigenvalue weighted by Gasteiger charge is -2.27. The molecule has 500 valence electrons. The average molecular weight is 1330 g/mol. The van der Waals surface area contributed by atoms with Crippen molar-refractivity contribution < 1.29 is 24.2 Å². The summed E-state index contributed by atoms with van der Waals surface area (Å²) in [6.45, 7) is 9.94. The molecule has 0 aliphatic carbocycles. The molecule has 0 unspecified atom stereocenters. The number of para-hydroxylation sites is 4. The minimum absolute atomic E-state index is 0.0135. The van der Waals surface area contributed by atoms with Gasteiger partial charge in [-0.1, -0.05) is 192 Å². The fourth-order valence-electron chi connectivity index (χ4n) is 11.8. The number of aryl methyl sites for hydroxylation is 3. The van der Waals surface area contributed by atoms with Gasteiger partial charge in [-0.25, -0.2) is 14.0 Å². The van der Waals surface area contributed by atoms with Gasteiger partial charge in [-0.05, 0) is 90.0 Å². The summed E-state index contributed by atoms with van der Waals surface area (Å²) in [7, 11) is 4.78. The highest BCUT2D eigenvalue weighted by Crippen LogP contribution is 2.44. The van der Waals surface area contributed by atoms with Crippen LogP contribution in [0.1, 0.15) is 61.1 Å². The van der Waals surface area contributed by atoms with Crippen LogP contribution in [-0.4, -0.2) is 82.4 Å². The largest absolute Gasteiger partial charge is 0.454 e. The number of fused-ring (bicyclic) bond motifs is 17. The van der Waals surface area contributed by atoms with Crippen molar-refractivity contribution in [3.8, 4) is 79.4 Å². The Kier molecular flexibility index (Phi) is 24.3. The van der Waals surface area contributed by atoms with Crippen LogP contribution in [0.15, 0.2) is 194 Å². The zero-order valence-corrected chi connectivity index (χ0v) is 56.0. The highest BCUT2D eigenvalue weighted by Gasteiger charge is 2.31. The minimum atomic E-state index is -0.917. The van der Waals surface area contributed by atoms with Gasteiger partial charge in [-0.2, -0.15) is 0 Å². The monoisotopic (exact) mass is 1330 g/mol. The van der Waals surface area contributed by atoms with E-state index in [0.29, 0.717) is 26.2 Å². The second-order valence-corrected chi connectivity index (χ2v) is 22.2. The van der Waals surface area contributed by atoms with E-state index in [1.54, 1.807) is 76.1 Å². The Morgan fingerprint density at radius 2 is 0.620 bits per heavy atom. The first kappa shape index (κ1) is 70.9. The molecule has 8 aromatic carbocycles. The van der Waals surface area contributed by atoms with E-state index in [4.69, 9.17) is 39.5 Å². The quantitative estimate of drug-likeness (QED) is 0.0363. The molecule has 4 N–H and O–H groups in total. The Balaban J connectivity index is 0.000000162. The lowest BCUT2D eigenvalue weighted by Crippen LogP contribution is -2.29. The first-order valence-electron chi connectivity index (χ1n) is 31.5. The summed E-state index contributed by atoms with van der Waals surface area (Å²) in [6.07, 6.45) is 0. The number of hydrogen-bond acceptors (Lipinski definition) is 14. The number of amides is 4. The van der Waals surface area contributed by atoms with Gasteiger partial charge in [0.25, 0.3) is 7.45 Å². The standard InChI is InChI=1S/3C18H16N4O.C17H13NO.CH5BO.3HN3/c3*1-12(23)22-11-13-7-3-4-8-14(13)18-17(19-20-21(18)2)15-9-5-6-10-16(15)22;1-13(19)18-12-16-8-3-2-6-14(16)10-11-15-7-4-5-9-17(15)18;1-2-3;3*1-3-2/h3*3-10H,11H2,1-2H3;2-9H,12H2,1H3;2-3H,1H3;3*1H/i;;;;2D;;;. The second-order valence-electron chi connectivity index (χ2n) is 22.2. The van der Waals surface area contributed by atoms with Gasteiger partial charge in [0.2, 0.25) is 23.6 Å². The summed E-state index contributed by atoms with van der Waals surface area (Å²) >= 11 is 0. The van der Waals surface area contributed by atoms with E-state index in [-0.39, 0.29) is 23.6 Å². The van der Waals surface area contributed by atoms with E-state index in [2.05, 4.69) is 79.2 Å². The van der Waals surface area contributed by atoms with Crippen LogP contribution in [0.4, 0.5) is 22.7 Å². The van der Waals surface area contributed by atoms with Gasteiger partial charge in [0.15, 0.2) is 0 Å². The molecular formula is C72H69BN22O5. The molecule has 28 heteroatoms. The van der Waals surface area contributed by atoms with Crippen LogP contribution in [0.3, 0.4) is 0 Å². The van der Waals surface area contributed by atoms with Crippen molar-refractivity contribution in [2.24, 2.45) is 21.1 Å². The minimum Gasteiger partial charge on any atom is -0.454 e. The Bertz CT molecular complexity index is 4630. The number of benzene rings is 8. The average Bonchev–Trinajstić information content (AvgIpc) is 1.73. The van der Waals surface area contributed by atoms with Crippen molar-refractivity contribution in [3.05, 3.63) is 259 Å². The van der Waals surface area contributed by atoms with Crippen molar-refractivity contribution in [2.45, 2.75) is 60.7 Å². The van der Waals surface area contributed by atoms with Crippen molar-refractivity contribution in [2.75, 3.05) is 19.6 Å². The first-order valence-corrected chi connectivity index (χ1v) is 30.9. The van der Waals surface area contributed by atoms with Crippen molar-refractivity contribution in [1.82, 2.24) is 45.0 Å². The molecule has 0 saturated carbocycles. The molecule has 27 nitrogen and oxygen atoms in total. The van der Waals surface area contributed by atoms with Crippen LogP contribution in [0, 0.1) is 28.4 Å². The van der Waals surface area contributed by atoms with Crippen LogP contribution >= 0.6 is 0 Å². The molecule has 4 aliphatic rings. The predicted molar refractivity (Wildman–Crippen MR) is 385 cm³/mol. The molecule has 0 spiro atoms. The number of nitrogens with one attached hydrogen (secondary N) is 3. The third kappa shape index (κ3) is 16.3. The number of anilines is 4. The fraction of sp³-hybridized carbons (Fsp3) is 0.167. The maximum Gasteiger partial charge on any atom is 0.267 e.